The Bertz CT molecular complexity index is 1450. The lowest BCUT2D eigenvalue weighted by Gasteiger charge is -2.29. The molecule has 30 heavy (non-hydrogen) atoms. The largest absolute Gasteiger partial charge is 0.385 e. The van der Waals surface area contributed by atoms with Crippen molar-refractivity contribution in [2.75, 3.05) is 23.7 Å². The van der Waals surface area contributed by atoms with Crippen molar-refractivity contribution in [2.24, 2.45) is 0 Å². The zero-order valence-corrected chi connectivity index (χ0v) is 16.8. The lowest BCUT2D eigenvalue weighted by molar-refractivity contribution is 0.578. The predicted molar refractivity (Wildman–Crippen MR) is 119 cm³/mol. The third-order valence-electron chi connectivity index (χ3n) is 5.46. The number of anilines is 2. The average Bonchev–Trinajstić information content (AvgIpc) is 2.72. The molecule has 3 aromatic heterocycles. The number of aromatic nitrogens is 5. The monoisotopic (exact) mass is 421 g/mol. The molecule has 0 spiro atoms. The van der Waals surface area contributed by atoms with Crippen molar-refractivity contribution in [3.8, 4) is 11.1 Å². The van der Waals surface area contributed by atoms with E-state index in [-0.39, 0.29) is 27.3 Å². The van der Waals surface area contributed by atoms with Gasteiger partial charge in [0.15, 0.2) is 5.65 Å². The first-order valence-corrected chi connectivity index (χ1v) is 10.1. The number of nitrogens with one attached hydrogen (secondary N) is 3. The van der Waals surface area contributed by atoms with E-state index in [1.807, 2.05) is 24.3 Å². The molecule has 0 bridgehead atoms. The number of nitrogens with two attached hydrogens (primary N) is 1. The van der Waals surface area contributed by atoms with Crippen molar-refractivity contribution in [1.82, 2.24) is 24.9 Å². The number of hydrogen-bond acceptors (Lipinski definition) is 7. The zero-order chi connectivity index (χ0) is 20.8. The Hall–Kier alpha value is -3.53. The summed E-state index contributed by atoms with van der Waals surface area (Å²) >= 11 is 5.04. The molecule has 1 aliphatic rings. The van der Waals surface area contributed by atoms with Gasteiger partial charge in [0.2, 0.25) is 4.77 Å². The maximum Gasteiger partial charge on any atom is 0.325 e. The molecule has 10 heteroatoms. The van der Waals surface area contributed by atoms with Crippen molar-refractivity contribution in [3.05, 3.63) is 49.9 Å². The summed E-state index contributed by atoms with van der Waals surface area (Å²) in [7, 11) is 0. The van der Waals surface area contributed by atoms with Gasteiger partial charge in [-0.15, -0.1) is 0 Å². The number of nitrogen functional groups attached to an aromatic ring is 1. The second-order valence-corrected chi connectivity index (χ2v) is 7.75. The van der Waals surface area contributed by atoms with Gasteiger partial charge in [0.05, 0.1) is 10.8 Å². The van der Waals surface area contributed by atoms with Crippen molar-refractivity contribution in [1.29, 1.82) is 0 Å². The number of aromatic amines is 3. The van der Waals surface area contributed by atoms with E-state index >= 15 is 0 Å². The van der Waals surface area contributed by atoms with E-state index in [4.69, 9.17) is 18.0 Å². The van der Waals surface area contributed by atoms with E-state index in [9.17, 15) is 9.59 Å². The molecule has 5 N–H and O–H groups in total. The molecule has 0 aliphatic carbocycles. The number of pyridine rings is 1. The summed E-state index contributed by atoms with van der Waals surface area (Å²) in [6.07, 6.45) is 3.63. The van der Waals surface area contributed by atoms with Gasteiger partial charge >= 0.3 is 5.69 Å². The molecule has 4 heterocycles. The second-order valence-electron chi connectivity index (χ2n) is 7.37. The van der Waals surface area contributed by atoms with Crippen LogP contribution in [0.3, 0.4) is 0 Å². The second kappa shape index (κ2) is 7.06. The predicted octanol–water partition coefficient (Wildman–Crippen LogP) is 2.46. The van der Waals surface area contributed by atoms with Crippen LogP contribution >= 0.6 is 12.2 Å². The minimum absolute atomic E-state index is 0.0311. The van der Waals surface area contributed by atoms with Gasteiger partial charge in [0.1, 0.15) is 11.5 Å². The Morgan fingerprint density at radius 1 is 0.933 bits per heavy atom. The van der Waals surface area contributed by atoms with Gasteiger partial charge in [-0.3, -0.25) is 19.7 Å². The highest BCUT2D eigenvalue weighted by molar-refractivity contribution is 7.71. The van der Waals surface area contributed by atoms with E-state index in [0.29, 0.717) is 10.9 Å². The van der Waals surface area contributed by atoms with Crippen LogP contribution in [0.5, 0.6) is 0 Å². The fourth-order valence-electron chi connectivity index (χ4n) is 4.11. The number of nitrogens with zero attached hydrogens (tertiary/aromatic N) is 3. The maximum absolute atomic E-state index is 12.8. The van der Waals surface area contributed by atoms with E-state index in [1.54, 1.807) is 0 Å². The summed E-state index contributed by atoms with van der Waals surface area (Å²) in [5.41, 5.74) is 8.09. The number of fused-ring (bicyclic) bond motifs is 2. The van der Waals surface area contributed by atoms with Gasteiger partial charge in [-0.1, -0.05) is 12.1 Å². The summed E-state index contributed by atoms with van der Waals surface area (Å²) < 4.78 is 0.0311. The molecule has 9 nitrogen and oxygen atoms in total. The summed E-state index contributed by atoms with van der Waals surface area (Å²) in [5.74, 6) is 0.125. The standard InChI is InChI=1S/C20H19N7O2S/c21-15-13-12(10-4-6-11(7-5-10)27-8-2-1-3-9-27)14-17(25-20(30)26-18(14)28)23-16(13)24-19(29)22-15/h4-7H,1-3,8-9H2,(H5,21,22,23,24,25,26,28,29,30). The van der Waals surface area contributed by atoms with Crippen LogP contribution < -0.4 is 21.9 Å². The minimum atomic E-state index is -0.498. The zero-order valence-electron chi connectivity index (χ0n) is 16.0. The third kappa shape index (κ3) is 3.05. The molecule has 1 fully saturated rings. The highest BCUT2D eigenvalue weighted by Gasteiger charge is 2.19. The van der Waals surface area contributed by atoms with Crippen LogP contribution in [0.1, 0.15) is 19.3 Å². The van der Waals surface area contributed by atoms with Crippen molar-refractivity contribution in [2.45, 2.75) is 19.3 Å². The maximum atomic E-state index is 12.8. The third-order valence-corrected chi connectivity index (χ3v) is 5.65. The van der Waals surface area contributed by atoms with Crippen LogP contribution in [0.15, 0.2) is 33.9 Å². The fraction of sp³-hybridized carbons (Fsp3) is 0.250. The van der Waals surface area contributed by atoms with Crippen molar-refractivity contribution in [3.63, 3.8) is 0 Å². The SMILES string of the molecule is Nc1[nH]c(=O)[nH]c2nc3nc(=S)[nH]c(=O)c3c(-c3ccc(N4CCCCC4)cc3)c12. The average molecular weight is 421 g/mol. The molecule has 1 aromatic carbocycles. The van der Waals surface area contributed by atoms with Crippen LogP contribution in [0, 0.1) is 4.77 Å². The molecule has 1 saturated heterocycles. The van der Waals surface area contributed by atoms with E-state index < -0.39 is 11.2 Å². The summed E-state index contributed by atoms with van der Waals surface area (Å²) in [4.78, 5) is 43.3. The highest BCUT2D eigenvalue weighted by atomic mass is 32.1. The van der Waals surface area contributed by atoms with E-state index in [2.05, 4.69) is 29.8 Å². The van der Waals surface area contributed by atoms with Gasteiger partial charge in [-0.05, 0) is 49.2 Å². The van der Waals surface area contributed by atoms with Crippen LogP contribution in [0.2, 0.25) is 0 Å². The Labute approximate surface area is 175 Å². The summed E-state index contributed by atoms with van der Waals surface area (Å²) in [6, 6.07) is 7.97. The molecule has 0 unspecified atom stereocenters. The molecular formula is C20H19N7O2S. The van der Waals surface area contributed by atoms with Crippen molar-refractivity contribution < 1.29 is 0 Å². The molecule has 0 saturated carbocycles. The molecule has 4 aromatic rings. The topological polar surface area (TPSA) is 137 Å². The first-order chi connectivity index (χ1) is 14.5. The van der Waals surface area contributed by atoms with Crippen LogP contribution in [0.4, 0.5) is 11.5 Å². The number of piperidine rings is 1. The van der Waals surface area contributed by atoms with Crippen LogP contribution in [-0.4, -0.2) is 38.0 Å². The molecule has 0 amide bonds. The molecule has 152 valence electrons. The molecule has 5 rings (SSSR count). The van der Waals surface area contributed by atoms with Gasteiger partial charge < -0.3 is 10.6 Å². The Kier molecular flexibility index (Phi) is 4.35. The van der Waals surface area contributed by atoms with Gasteiger partial charge in [-0.2, -0.15) is 4.98 Å². The van der Waals surface area contributed by atoms with E-state index in [0.717, 1.165) is 24.3 Å². The fourth-order valence-corrected chi connectivity index (χ4v) is 4.29. The van der Waals surface area contributed by atoms with Gasteiger partial charge in [0, 0.05) is 24.3 Å². The number of rotatable bonds is 2. The first-order valence-electron chi connectivity index (χ1n) is 9.72. The van der Waals surface area contributed by atoms with Crippen LogP contribution in [0.25, 0.3) is 33.2 Å². The van der Waals surface area contributed by atoms with Gasteiger partial charge in [-0.25, -0.2) is 9.78 Å². The van der Waals surface area contributed by atoms with E-state index in [1.165, 1.54) is 19.3 Å². The first kappa shape index (κ1) is 18.5. The van der Waals surface area contributed by atoms with Crippen molar-refractivity contribution >= 4 is 45.8 Å². The summed E-state index contributed by atoms with van der Waals surface area (Å²) in [6.45, 7) is 2.07. The lowest BCUT2D eigenvalue weighted by atomic mass is 9.98. The normalized spacial score (nSPS) is 14.5. The summed E-state index contributed by atoms with van der Waals surface area (Å²) in [5, 5.41) is 0.728. The quantitative estimate of drug-likeness (QED) is 0.288. The number of hydrogen-bond donors (Lipinski definition) is 4. The molecule has 1 aliphatic heterocycles. The number of H-pyrrole nitrogens is 3. The Morgan fingerprint density at radius 2 is 1.67 bits per heavy atom. The Balaban J connectivity index is 1.80. The number of benzene rings is 1. The molecular weight excluding hydrogens is 402 g/mol. The molecule has 0 radical (unpaired) electrons. The van der Waals surface area contributed by atoms with Gasteiger partial charge in [0.25, 0.3) is 5.56 Å². The minimum Gasteiger partial charge on any atom is -0.385 e. The molecule has 0 atom stereocenters. The Morgan fingerprint density at radius 3 is 2.40 bits per heavy atom. The highest BCUT2D eigenvalue weighted by Crippen LogP contribution is 2.35. The van der Waals surface area contributed by atoms with Crippen LogP contribution in [-0.2, 0) is 0 Å². The lowest BCUT2D eigenvalue weighted by Crippen LogP contribution is -2.29. The smallest absolute Gasteiger partial charge is 0.325 e.